The largest absolute Gasteiger partial charge is 0.324 e. The van der Waals surface area contributed by atoms with Crippen molar-refractivity contribution in [3.8, 4) is 0 Å². The first kappa shape index (κ1) is 16.2. The molecular weight excluding hydrogens is 243 g/mol. The van der Waals surface area contributed by atoms with E-state index in [1.165, 1.54) is 0 Å². The second-order valence-electron chi connectivity index (χ2n) is 2.22. The van der Waals surface area contributed by atoms with Crippen LogP contribution in [0.15, 0.2) is 23.4 Å². The number of hydrogen-bond acceptors (Lipinski definition) is 4. The Labute approximate surface area is 99.7 Å². The Morgan fingerprint density at radius 3 is 2.50 bits per heavy atom. The number of thioether (sulfide) groups is 1. The lowest BCUT2D eigenvalue weighted by atomic mass is 10.2. The highest BCUT2D eigenvalue weighted by molar-refractivity contribution is 7.98. The van der Waals surface area contributed by atoms with Crippen molar-refractivity contribution in [1.82, 2.24) is 4.98 Å². The molecule has 14 heavy (non-hydrogen) atoms. The van der Waals surface area contributed by atoms with Gasteiger partial charge in [0.1, 0.15) is 0 Å². The molecule has 0 saturated carbocycles. The van der Waals surface area contributed by atoms with E-state index in [0.29, 0.717) is 5.56 Å². The number of nitrogens with zero attached hydrogens (tertiary/aromatic N) is 1. The second-order valence-corrected chi connectivity index (χ2v) is 3.04. The van der Waals surface area contributed by atoms with Gasteiger partial charge in [-0.2, -0.15) is 0 Å². The summed E-state index contributed by atoms with van der Waals surface area (Å²) in [7, 11) is 0. The van der Waals surface area contributed by atoms with Gasteiger partial charge in [-0.05, 0) is 18.4 Å². The summed E-state index contributed by atoms with van der Waals surface area (Å²) in [6, 6.07) is 3.56. The van der Waals surface area contributed by atoms with Crippen LogP contribution in [0.25, 0.3) is 0 Å². The molecule has 0 amide bonds. The SMILES string of the molecule is CSc1ccc(C(=O)CN)cn1.Cl.Cl. The molecule has 0 spiro atoms. The lowest BCUT2D eigenvalue weighted by molar-refractivity contribution is 0.100. The van der Waals surface area contributed by atoms with Crippen molar-refractivity contribution in [3.05, 3.63) is 23.9 Å². The smallest absolute Gasteiger partial charge is 0.177 e. The van der Waals surface area contributed by atoms with Gasteiger partial charge in [-0.1, -0.05) is 0 Å². The van der Waals surface area contributed by atoms with E-state index < -0.39 is 0 Å². The van der Waals surface area contributed by atoms with Crippen molar-refractivity contribution >= 4 is 42.4 Å². The van der Waals surface area contributed by atoms with Crippen molar-refractivity contribution in [1.29, 1.82) is 0 Å². The van der Waals surface area contributed by atoms with Gasteiger partial charge in [0, 0.05) is 11.8 Å². The van der Waals surface area contributed by atoms with E-state index in [2.05, 4.69) is 4.98 Å². The topological polar surface area (TPSA) is 56.0 Å². The lowest BCUT2D eigenvalue weighted by Crippen LogP contribution is -2.13. The summed E-state index contributed by atoms with van der Waals surface area (Å²) in [5.41, 5.74) is 5.77. The molecule has 0 fully saturated rings. The maximum Gasteiger partial charge on any atom is 0.177 e. The first-order chi connectivity index (χ1) is 5.77. The molecule has 1 heterocycles. The number of pyridine rings is 1. The Hall–Kier alpha value is -0.290. The van der Waals surface area contributed by atoms with Crippen molar-refractivity contribution in [2.75, 3.05) is 12.8 Å². The third-order valence-corrected chi connectivity index (χ3v) is 2.11. The average Bonchev–Trinajstić information content (AvgIpc) is 2.17. The molecule has 0 aliphatic rings. The molecule has 0 saturated heterocycles. The number of carbonyl (C=O) groups is 1. The van der Waals surface area contributed by atoms with Gasteiger partial charge < -0.3 is 5.73 Å². The molecule has 0 aliphatic carbocycles. The quantitative estimate of drug-likeness (QED) is 0.660. The molecule has 0 bridgehead atoms. The van der Waals surface area contributed by atoms with Gasteiger partial charge in [-0.3, -0.25) is 4.79 Å². The van der Waals surface area contributed by atoms with Crippen LogP contribution in [0, 0.1) is 0 Å². The minimum Gasteiger partial charge on any atom is -0.324 e. The van der Waals surface area contributed by atoms with Crippen LogP contribution in [-0.2, 0) is 0 Å². The van der Waals surface area contributed by atoms with E-state index in [9.17, 15) is 4.79 Å². The van der Waals surface area contributed by atoms with Gasteiger partial charge in [-0.15, -0.1) is 36.6 Å². The fraction of sp³-hybridized carbons (Fsp3) is 0.250. The highest BCUT2D eigenvalue weighted by Crippen LogP contribution is 2.10. The molecule has 1 aromatic rings. The van der Waals surface area contributed by atoms with Gasteiger partial charge in [0.05, 0.1) is 11.6 Å². The van der Waals surface area contributed by atoms with Crippen molar-refractivity contribution in [3.63, 3.8) is 0 Å². The number of rotatable bonds is 3. The van der Waals surface area contributed by atoms with Gasteiger partial charge in [0.15, 0.2) is 5.78 Å². The maximum atomic E-state index is 11.0. The fourth-order valence-corrected chi connectivity index (χ4v) is 1.15. The molecule has 0 atom stereocenters. The maximum absolute atomic E-state index is 11.0. The Morgan fingerprint density at radius 1 is 1.50 bits per heavy atom. The normalized spacial score (nSPS) is 8.43. The number of Topliss-reactive ketones (excluding diaryl/α,β-unsaturated/α-hetero) is 1. The highest BCUT2D eigenvalue weighted by atomic mass is 35.5. The zero-order valence-electron chi connectivity index (χ0n) is 7.60. The number of ketones is 1. The molecule has 80 valence electrons. The summed E-state index contributed by atoms with van der Waals surface area (Å²) in [5, 5.41) is 0.906. The summed E-state index contributed by atoms with van der Waals surface area (Å²) in [6.45, 7) is 0.0420. The third kappa shape index (κ3) is 4.28. The molecule has 1 rings (SSSR count). The molecule has 0 unspecified atom stereocenters. The van der Waals surface area contributed by atoms with Crippen LogP contribution < -0.4 is 5.73 Å². The first-order valence-electron chi connectivity index (χ1n) is 3.51. The predicted molar refractivity (Wildman–Crippen MR) is 63.9 cm³/mol. The standard InChI is InChI=1S/C8H10N2OS.2ClH/c1-12-8-3-2-6(5-10-8)7(11)4-9;;/h2-3,5H,4,9H2,1H3;2*1H. The Balaban J connectivity index is 0. The van der Waals surface area contributed by atoms with Crippen LogP contribution >= 0.6 is 36.6 Å². The molecule has 6 heteroatoms. The average molecular weight is 255 g/mol. The summed E-state index contributed by atoms with van der Waals surface area (Å²) in [5.74, 6) is -0.0739. The second kappa shape index (κ2) is 8.05. The van der Waals surface area contributed by atoms with Crippen LogP contribution in [0.2, 0.25) is 0 Å². The van der Waals surface area contributed by atoms with Crippen molar-refractivity contribution < 1.29 is 4.79 Å². The number of aromatic nitrogens is 1. The molecule has 1 aromatic heterocycles. The molecule has 0 aliphatic heterocycles. The Morgan fingerprint density at radius 2 is 2.14 bits per heavy atom. The highest BCUT2D eigenvalue weighted by Gasteiger charge is 2.02. The van der Waals surface area contributed by atoms with Crippen molar-refractivity contribution in [2.45, 2.75) is 5.03 Å². The predicted octanol–water partition coefficient (Wildman–Crippen LogP) is 1.79. The molecule has 0 radical (unpaired) electrons. The van der Waals surface area contributed by atoms with Gasteiger partial charge in [0.2, 0.25) is 0 Å². The molecule has 0 aromatic carbocycles. The van der Waals surface area contributed by atoms with Gasteiger partial charge >= 0.3 is 0 Å². The van der Waals surface area contributed by atoms with Crippen LogP contribution in [0.3, 0.4) is 0 Å². The van der Waals surface area contributed by atoms with Gasteiger partial charge in [-0.25, -0.2) is 4.98 Å². The van der Waals surface area contributed by atoms with Crippen LogP contribution in [0.1, 0.15) is 10.4 Å². The van der Waals surface area contributed by atoms with E-state index in [1.54, 1.807) is 24.0 Å². The van der Waals surface area contributed by atoms with E-state index in [0.717, 1.165) is 5.03 Å². The zero-order chi connectivity index (χ0) is 8.97. The number of halogens is 2. The van der Waals surface area contributed by atoms with Crippen molar-refractivity contribution in [2.24, 2.45) is 5.73 Å². The van der Waals surface area contributed by atoms with E-state index in [4.69, 9.17) is 5.73 Å². The molecular formula is C8H12Cl2N2OS. The lowest BCUT2D eigenvalue weighted by Gasteiger charge is -1.97. The third-order valence-electron chi connectivity index (χ3n) is 1.45. The van der Waals surface area contributed by atoms with E-state index in [1.807, 2.05) is 12.3 Å². The van der Waals surface area contributed by atoms with Crippen LogP contribution in [-0.4, -0.2) is 23.6 Å². The number of carbonyl (C=O) groups excluding carboxylic acids is 1. The zero-order valence-corrected chi connectivity index (χ0v) is 10.0. The fourth-order valence-electron chi connectivity index (χ4n) is 0.784. The van der Waals surface area contributed by atoms with Crippen LogP contribution in [0.4, 0.5) is 0 Å². The Kier molecular flexibility index (Phi) is 9.29. The molecule has 3 nitrogen and oxygen atoms in total. The molecule has 2 N–H and O–H groups in total. The first-order valence-corrected chi connectivity index (χ1v) is 4.73. The van der Waals surface area contributed by atoms with E-state index in [-0.39, 0.29) is 37.1 Å². The minimum absolute atomic E-state index is 0. The van der Waals surface area contributed by atoms with E-state index >= 15 is 0 Å². The van der Waals surface area contributed by atoms with Crippen LogP contribution in [0.5, 0.6) is 0 Å². The summed E-state index contributed by atoms with van der Waals surface area (Å²) >= 11 is 1.54. The Bertz CT molecular complexity index is 279. The summed E-state index contributed by atoms with van der Waals surface area (Å²) < 4.78 is 0. The summed E-state index contributed by atoms with van der Waals surface area (Å²) in [6.07, 6.45) is 3.49. The number of hydrogen-bond donors (Lipinski definition) is 1. The minimum atomic E-state index is -0.0739. The summed E-state index contributed by atoms with van der Waals surface area (Å²) in [4.78, 5) is 15.1. The van der Waals surface area contributed by atoms with Gasteiger partial charge in [0.25, 0.3) is 0 Å². The monoisotopic (exact) mass is 254 g/mol. The number of nitrogens with two attached hydrogens (primary N) is 1.